The molecule has 1 saturated heterocycles. The Morgan fingerprint density at radius 1 is 1.25 bits per heavy atom. The van der Waals surface area contributed by atoms with Crippen LogP contribution in [-0.4, -0.2) is 42.7 Å². The predicted molar refractivity (Wildman–Crippen MR) is 104 cm³/mol. The highest BCUT2D eigenvalue weighted by atomic mass is 16.2. The Kier molecular flexibility index (Phi) is 5.10. The molecule has 150 valence electrons. The molecule has 3 heterocycles. The normalized spacial score (nSPS) is 17.1. The fraction of sp³-hybridized carbons (Fsp3) is 0.526. The lowest BCUT2D eigenvalue weighted by atomic mass is 9.92. The molecule has 1 unspecified atom stereocenters. The minimum Gasteiger partial charge on any atom is -0.334 e. The molecule has 9 heteroatoms. The van der Waals surface area contributed by atoms with E-state index in [4.69, 9.17) is 0 Å². The van der Waals surface area contributed by atoms with E-state index < -0.39 is 17.2 Å². The lowest BCUT2D eigenvalue weighted by Crippen LogP contribution is -2.44. The van der Waals surface area contributed by atoms with Crippen molar-refractivity contribution in [1.29, 1.82) is 0 Å². The Morgan fingerprint density at radius 2 is 1.96 bits per heavy atom. The molecule has 0 aliphatic carbocycles. The highest BCUT2D eigenvalue weighted by Gasteiger charge is 2.32. The van der Waals surface area contributed by atoms with Gasteiger partial charge in [0.15, 0.2) is 0 Å². The third-order valence-corrected chi connectivity index (χ3v) is 5.07. The van der Waals surface area contributed by atoms with E-state index in [1.807, 2.05) is 20.8 Å². The summed E-state index contributed by atoms with van der Waals surface area (Å²) in [5.41, 5.74) is -0.941. The number of rotatable bonds is 3. The monoisotopic (exact) mass is 387 g/mol. The molecule has 1 aliphatic heterocycles. The van der Waals surface area contributed by atoms with E-state index in [2.05, 4.69) is 10.1 Å². The number of aromatic amines is 1. The SMILES string of the molecule is Cn1c(=O)[nH]cc(C(=O)N2CCCC2Cn2nc(C(C)(C)C)ccc2=O)c1=O. The lowest BCUT2D eigenvalue weighted by Gasteiger charge is -2.25. The topological polar surface area (TPSA) is 110 Å². The number of carbonyl (C=O) groups is 1. The van der Waals surface area contributed by atoms with E-state index in [9.17, 15) is 19.2 Å². The zero-order valence-corrected chi connectivity index (χ0v) is 16.6. The van der Waals surface area contributed by atoms with Crippen molar-refractivity contribution < 1.29 is 4.79 Å². The van der Waals surface area contributed by atoms with Crippen LogP contribution < -0.4 is 16.8 Å². The van der Waals surface area contributed by atoms with Gasteiger partial charge >= 0.3 is 5.69 Å². The molecule has 1 N–H and O–H groups in total. The maximum absolute atomic E-state index is 12.9. The zero-order chi connectivity index (χ0) is 20.6. The van der Waals surface area contributed by atoms with Crippen LogP contribution in [0.2, 0.25) is 0 Å². The van der Waals surface area contributed by atoms with Gasteiger partial charge in [0, 0.05) is 31.3 Å². The third kappa shape index (κ3) is 3.69. The largest absolute Gasteiger partial charge is 0.334 e. The number of hydrogen-bond acceptors (Lipinski definition) is 5. The summed E-state index contributed by atoms with van der Waals surface area (Å²) in [6.45, 7) is 6.79. The van der Waals surface area contributed by atoms with Gasteiger partial charge in [-0.25, -0.2) is 9.48 Å². The highest BCUT2D eigenvalue weighted by molar-refractivity contribution is 5.93. The molecule has 1 amide bonds. The van der Waals surface area contributed by atoms with Crippen LogP contribution in [0.5, 0.6) is 0 Å². The molecule has 0 spiro atoms. The van der Waals surface area contributed by atoms with Crippen LogP contribution in [0, 0.1) is 0 Å². The maximum atomic E-state index is 12.9. The summed E-state index contributed by atoms with van der Waals surface area (Å²) in [7, 11) is 1.32. The van der Waals surface area contributed by atoms with E-state index >= 15 is 0 Å². The van der Waals surface area contributed by atoms with Crippen molar-refractivity contribution in [2.24, 2.45) is 7.05 Å². The number of carbonyl (C=O) groups excluding carboxylic acids is 1. The van der Waals surface area contributed by atoms with Crippen LogP contribution in [0.4, 0.5) is 0 Å². The standard InChI is InChI=1S/C19H25N5O4/c1-19(2,3)14-7-8-15(25)24(21-14)11-12-6-5-9-23(12)17(27)13-10-20-18(28)22(4)16(13)26/h7-8,10,12H,5-6,9,11H2,1-4H3,(H,20,28). The summed E-state index contributed by atoms with van der Waals surface area (Å²) < 4.78 is 2.26. The molecular formula is C19H25N5O4. The fourth-order valence-electron chi connectivity index (χ4n) is 3.35. The second-order valence-electron chi connectivity index (χ2n) is 8.16. The summed E-state index contributed by atoms with van der Waals surface area (Å²) in [6, 6.07) is 2.97. The Hall–Kier alpha value is -2.97. The number of amides is 1. The molecule has 3 rings (SSSR count). The van der Waals surface area contributed by atoms with Crippen molar-refractivity contribution in [3.05, 3.63) is 60.8 Å². The number of H-pyrrole nitrogens is 1. The summed E-state index contributed by atoms with van der Waals surface area (Å²) in [5.74, 6) is -0.445. The van der Waals surface area contributed by atoms with Crippen molar-refractivity contribution >= 4 is 5.91 Å². The summed E-state index contributed by atoms with van der Waals surface area (Å²) in [6.07, 6.45) is 2.64. The number of nitrogens with zero attached hydrogens (tertiary/aromatic N) is 4. The minimum atomic E-state index is -0.635. The van der Waals surface area contributed by atoms with Gasteiger partial charge in [0.2, 0.25) is 0 Å². The van der Waals surface area contributed by atoms with Gasteiger partial charge in [0.05, 0.1) is 18.3 Å². The van der Waals surface area contributed by atoms with E-state index in [1.165, 1.54) is 17.8 Å². The van der Waals surface area contributed by atoms with E-state index in [0.29, 0.717) is 13.0 Å². The van der Waals surface area contributed by atoms with Crippen LogP contribution in [0.1, 0.15) is 49.7 Å². The second-order valence-corrected chi connectivity index (χ2v) is 8.16. The molecule has 28 heavy (non-hydrogen) atoms. The Bertz CT molecular complexity index is 1070. The first-order valence-electron chi connectivity index (χ1n) is 9.28. The molecule has 0 bridgehead atoms. The van der Waals surface area contributed by atoms with Crippen LogP contribution in [0.15, 0.2) is 32.7 Å². The first kappa shape index (κ1) is 19.8. The Morgan fingerprint density at radius 3 is 2.64 bits per heavy atom. The average Bonchev–Trinajstić information content (AvgIpc) is 3.08. The lowest BCUT2D eigenvalue weighted by molar-refractivity contribution is 0.0717. The molecule has 0 saturated carbocycles. The Balaban J connectivity index is 1.90. The molecule has 1 fully saturated rings. The number of aromatic nitrogens is 4. The highest BCUT2D eigenvalue weighted by Crippen LogP contribution is 2.21. The maximum Gasteiger partial charge on any atom is 0.328 e. The van der Waals surface area contributed by atoms with Crippen LogP contribution in [0.25, 0.3) is 0 Å². The van der Waals surface area contributed by atoms with Crippen LogP contribution in [-0.2, 0) is 19.0 Å². The first-order chi connectivity index (χ1) is 13.1. The molecule has 1 atom stereocenters. The second kappa shape index (κ2) is 7.21. The number of likely N-dealkylation sites (tertiary alicyclic amines) is 1. The van der Waals surface area contributed by atoms with E-state index in [-0.39, 0.29) is 29.1 Å². The molecule has 0 radical (unpaired) electrons. The van der Waals surface area contributed by atoms with Crippen molar-refractivity contribution in [3.63, 3.8) is 0 Å². The predicted octanol–water partition coefficient (Wildman–Crippen LogP) is 0.233. The van der Waals surface area contributed by atoms with Gasteiger partial charge in [-0.2, -0.15) is 5.10 Å². The van der Waals surface area contributed by atoms with Gasteiger partial charge in [0.1, 0.15) is 5.56 Å². The molecule has 2 aromatic heterocycles. The van der Waals surface area contributed by atoms with Gasteiger partial charge in [-0.1, -0.05) is 20.8 Å². The fourth-order valence-corrected chi connectivity index (χ4v) is 3.35. The van der Waals surface area contributed by atoms with Crippen LogP contribution >= 0.6 is 0 Å². The molecule has 1 aliphatic rings. The van der Waals surface area contributed by atoms with Gasteiger partial charge in [-0.05, 0) is 18.9 Å². The number of hydrogen-bond donors (Lipinski definition) is 1. The van der Waals surface area contributed by atoms with Gasteiger partial charge in [-0.15, -0.1) is 0 Å². The van der Waals surface area contributed by atoms with Crippen molar-refractivity contribution in [1.82, 2.24) is 24.2 Å². The first-order valence-corrected chi connectivity index (χ1v) is 9.28. The zero-order valence-electron chi connectivity index (χ0n) is 16.6. The summed E-state index contributed by atoms with van der Waals surface area (Å²) in [5, 5.41) is 4.47. The summed E-state index contributed by atoms with van der Waals surface area (Å²) >= 11 is 0. The van der Waals surface area contributed by atoms with Crippen molar-refractivity contribution in [2.45, 2.75) is 51.6 Å². The van der Waals surface area contributed by atoms with E-state index in [0.717, 1.165) is 22.9 Å². The molecule has 9 nitrogen and oxygen atoms in total. The van der Waals surface area contributed by atoms with Gasteiger partial charge < -0.3 is 9.88 Å². The minimum absolute atomic E-state index is 0.0854. The third-order valence-electron chi connectivity index (χ3n) is 5.07. The van der Waals surface area contributed by atoms with Crippen LogP contribution in [0.3, 0.4) is 0 Å². The van der Waals surface area contributed by atoms with Gasteiger partial charge in [-0.3, -0.25) is 19.0 Å². The smallest absolute Gasteiger partial charge is 0.328 e. The summed E-state index contributed by atoms with van der Waals surface area (Å²) in [4.78, 5) is 53.0. The van der Waals surface area contributed by atoms with Crippen molar-refractivity contribution in [2.75, 3.05) is 6.54 Å². The molecule has 0 aromatic carbocycles. The van der Waals surface area contributed by atoms with Crippen molar-refractivity contribution in [3.8, 4) is 0 Å². The molecule has 2 aromatic rings. The number of nitrogens with one attached hydrogen (secondary N) is 1. The van der Waals surface area contributed by atoms with E-state index in [1.54, 1.807) is 11.0 Å². The molecular weight excluding hydrogens is 362 g/mol. The quantitative estimate of drug-likeness (QED) is 0.811. The average molecular weight is 387 g/mol. The van der Waals surface area contributed by atoms with Gasteiger partial charge in [0.25, 0.3) is 17.0 Å². The Labute approximate surface area is 161 Å².